The minimum Gasteiger partial charge on any atom is -0.492 e. The van der Waals surface area contributed by atoms with Gasteiger partial charge in [-0.3, -0.25) is 0 Å². The molecule has 0 fully saturated rings. The van der Waals surface area contributed by atoms with Crippen LogP contribution in [0.3, 0.4) is 0 Å². The third kappa shape index (κ3) is 11.4. The zero-order valence-corrected chi connectivity index (χ0v) is 22.5. The second-order valence-corrected chi connectivity index (χ2v) is 9.81. The van der Waals surface area contributed by atoms with Gasteiger partial charge in [0.15, 0.2) is 6.10 Å². The number of benzene rings is 2. The molecule has 2 rings (SSSR count). The molecule has 7 nitrogen and oxygen atoms in total. The van der Waals surface area contributed by atoms with Gasteiger partial charge in [-0.1, -0.05) is 44.0 Å². The maximum absolute atomic E-state index is 13.0. The van der Waals surface area contributed by atoms with Crippen LogP contribution in [0, 0.1) is 6.92 Å². The van der Waals surface area contributed by atoms with Gasteiger partial charge in [-0.05, 0) is 61.4 Å². The fourth-order valence-electron chi connectivity index (χ4n) is 3.60. The van der Waals surface area contributed by atoms with E-state index in [2.05, 4.69) is 12.2 Å². The number of carboxylic acids is 1. The van der Waals surface area contributed by atoms with Gasteiger partial charge in [0.05, 0.1) is 6.54 Å². The van der Waals surface area contributed by atoms with Crippen molar-refractivity contribution < 1.29 is 24.2 Å². The Balaban J connectivity index is 1.89. The van der Waals surface area contributed by atoms with E-state index >= 15 is 0 Å². The number of amides is 2. The molecule has 2 aromatic rings. The predicted octanol–water partition coefficient (Wildman–Crippen LogP) is 5.86. The molecule has 8 heteroatoms. The Morgan fingerprint density at radius 1 is 1.06 bits per heavy atom. The minimum absolute atomic E-state index is 0.135. The van der Waals surface area contributed by atoms with Crippen LogP contribution in [-0.4, -0.2) is 65.9 Å². The molecule has 0 aliphatic rings. The molecule has 0 heterocycles. The molecular formula is C28H40N2O5S. The fraction of sp³-hybridized carbons (Fsp3) is 0.500. The maximum Gasteiger partial charge on any atom is 0.333 e. The molecule has 36 heavy (non-hydrogen) atoms. The van der Waals surface area contributed by atoms with Crippen LogP contribution in [0.5, 0.6) is 5.75 Å². The molecule has 0 spiro atoms. The molecule has 0 saturated carbocycles. The van der Waals surface area contributed by atoms with Crippen LogP contribution in [0.4, 0.5) is 10.5 Å². The first-order chi connectivity index (χ1) is 17.4. The van der Waals surface area contributed by atoms with E-state index in [1.165, 1.54) is 19.3 Å². The highest BCUT2D eigenvalue weighted by atomic mass is 32.2. The van der Waals surface area contributed by atoms with Crippen LogP contribution in [0.1, 0.15) is 44.2 Å². The Morgan fingerprint density at radius 3 is 2.50 bits per heavy atom. The van der Waals surface area contributed by atoms with E-state index in [9.17, 15) is 14.7 Å². The molecule has 2 amide bonds. The standard InChI is InChI=1S/C28H40N2O5S/c1-4-6-7-18-36-19-16-30(28(33)29-24-10-8-9-22(3)20-24)15-17-35-25-13-11-23(12-14-25)21-26(27(31)32)34-5-2/h8-14,20,26H,4-7,15-19,21H2,1-3H3,(H,29,33)(H,31,32). The number of nitrogens with one attached hydrogen (secondary N) is 1. The van der Waals surface area contributed by atoms with Crippen molar-refractivity contribution in [2.24, 2.45) is 0 Å². The van der Waals surface area contributed by atoms with E-state index < -0.39 is 12.1 Å². The summed E-state index contributed by atoms with van der Waals surface area (Å²) in [5.74, 6) is 1.69. The van der Waals surface area contributed by atoms with Gasteiger partial charge in [0.1, 0.15) is 12.4 Å². The molecule has 0 aliphatic carbocycles. The van der Waals surface area contributed by atoms with Crippen molar-refractivity contribution in [3.8, 4) is 5.75 Å². The lowest BCUT2D eigenvalue weighted by atomic mass is 10.1. The number of rotatable bonds is 17. The first kappa shape index (κ1) is 29.5. The lowest BCUT2D eigenvalue weighted by Gasteiger charge is -2.23. The first-order valence-electron chi connectivity index (χ1n) is 12.7. The molecule has 198 valence electrons. The average molecular weight is 517 g/mol. The van der Waals surface area contributed by atoms with Crippen LogP contribution < -0.4 is 10.1 Å². The van der Waals surface area contributed by atoms with Gasteiger partial charge in [0, 0.05) is 31.0 Å². The highest BCUT2D eigenvalue weighted by Gasteiger charge is 2.18. The number of carbonyl (C=O) groups excluding carboxylic acids is 1. The maximum atomic E-state index is 13.0. The number of aliphatic carboxylic acids is 1. The number of carbonyl (C=O) groups is 2. The van der Waals surface area contributed by atoms with Crippen LogP contribution >= 0.6 is 11.8 Å². The summed E-state index contributed by atoms with van der Waals surface area (Å²) in [6.07, 6.45) is 3.08. The Bertz CT molecular complexity index is 922. The van der Waals surface area contributed by atoms with E-state index in [0.717, 1.165) is 28.3 Å². The number of hydrogen-bond acceptors (Lipinski definition) is 5. The van der Waals surface area contributed by atoms with Gasteiger partial charge in [0.25, 0.3) is 0 Å². The average Bonchev–Trinajstić information content (AvgIpc) is 2.85. The molecule has 2 aromatic carbocycles. The zero-order valence-electron chi connectivity index (χ0n) is 21.7. The highest BCUT2D eigenvalue weighted by Crippen LogP contribution is 2.16. The van der Waals surface area contributed by atoms with Crippen molar-refractivity contribution in [1.82, 2.24) is 4.90 Å². The lowest BCUT2D eigenvalue weighted by molar-refractivity contribution is -0.149. The first-order valence-corrected chi connectivity index (χ1v) is 13.8. The molecule has 0 aliphatic heterocycles. The van der Waals surface area contributed by atoms with Crippen LogP contribution in [0.2, 0.25) is 0 Å². The monoisotopic (exact) mass is 516 g/mol. The molecule has 2 N–H and O–H groups in total. The zero-order chi connectivity index (χ0) is 26.2. The second kappa shape index (κ2) is 16.9. The molecule has 0 bridgehead atoms. The normalized spacial score (nSPS) is 11.6. The highest BCUT2D eigenvalue weighted by molar-refractivity contribution is 7.99. The number of ether oxygens (including phenoxy) is 2. The van der Waals surface area contributed by atoms with Gasteiger partial charge >= 0.3 is 12.0 Å². The molecular weight excluding hydrogens is 476 g/mol. The molecule has 0 aromatic heterocycles. The van der Waals surface area contributed by atoms with Gasteiger partial charge in [0.2, 0.25) is 0 Å². The summed E-state index contributed by atoms with van der Waals surface area (Å²) in [7, 11) is 0. The van der Waals surface area contributed by atoms with Gasteiger partial charge in [-0.25, -0.2) is 9.59 Å². The van der Waals surface area contributed by atoms with Crippen molar-refractivity contribution in [1.29, 1.82) is 0 Å². The fourth-order valence-corrected chi connectivity index (χ4v) is 4.56. The van der Waals surface area contributed by atoms with Crippen molar-refractivity contribution in [2.75, 3.05) is 43.1 Å². The predicted molar refractivity (Wildman–Crippen MR) is 147 cm³/mol. The minimum atomic E-state index is -0.968. The van der Waals surface area contributed by atoms with Crippen LogP contribution in [0.25, 0.3) is 0 Å². The smallest absolute Gasteiger partial charge is 0.333 e. The summed E-state index contributed by atoms with van der Waals surface area (Å²) >= 11 is 1.87. The molecule has 0 saturated heterocycles. The Labute approximate surface area is 219 Å². The number of thioether (sulfide) groups is 1. The number of hydrogen-bond donors (Lipinski definition) is 2. The van der Waals surface area contributed by atoms with Crippen LogP contribution in [0.15, 0.2) is 48.5 Å². The summed E-state index contributed by atoms with van der Waals surface area (Å²) in [6.45, 7) is 7.79. The summed E-state index contributed by atoms with van der Waals surface area (Å²) in [5, 5.41) is 12.3. The Kier molecular flexibility index (Phi) is 13.8. The van der Waals surface area contributed by atoms with E-state index in [1.54, 1.807) is 11.8 Å². The summed E-state index contributed by atoms with van der Waals surface area (Å²) < 4.78 is 11.2. The van der Waals surface area contributed by atoms with E-state index in [4.69, 9.17) is 9.47 Å². The topological polar surface area (TPSA) is 88.1 Å². The van der Waals surface area contributed by atoms with E-state index in [0.29, 0.717) is 38.5 Å². The largest absolute Gasteiger partial charge is 0.492 e. The van der Waals surface area contributed by atoms with E-state index in [1.807, 2.05) is 67.2 Å². The summed E-state index contributed by atoms with van der Waals surface area (Å²) in [4.78, 5) is 26.1. The number of urea groups is 1. The Hall–Kier alpha value is -2.71. The van der Waals surface area contributed by atoms with Gasteiger partial charge in [-0.2, -0.15) is 11.8 Å². The third-order valence-electron chi connectivity index (χ3n) is 5.57. The Morgan fingerprint density at radius 2 is 1.83 bits per heavy atom. The number of nitrogens with zero attached hydrogens (tertiary/aromatic N) is 1. The number of unbranched alkanes of at least 4 members (excludes halogenated alkanes) is 2. The van der Waals surface area contributed by atoms with Crippen LogP contribution in [-0.2, 0) is 16.0 Å². The quantitative estimate of drug-likeness (QED) is 0.256. The SMILES string of the molecule is CCCCCSCCN(CCOc1ccc(CC(OCC)C(=O)O)cc1)C(=O)Nc1cccc(C)c1. The lowest BCUT2D eigenvalue weighted by Crippen LogP contribution is -2.39. The molecule has 1 atom stereocenters. The van der Waals surface area contributed by atoms with Crippen molar-refractivity contribution >= 4 is 29.4 Å². The van der Waals surface area contributed by atoms with Crippen molar-refractivity contribution in [3.05, 3.63) is 59.7 Å². The van der Waals surface area contributed by atoms with Crippen molar-refractivity contribution in [2.45, 2.75) is 52.6 Å². The third-order valence-corrected chi connectivity index (χ3v) is 6.62. The van der Waals surface area contributed by atoms with Gasteiger partial charge < -0.3 is 24.8 Å². The molecule has 1 unspecified atom stereocenters. The number of anilines is 1. The summed E-state index contributed by atoms with van der Waals surface area (Å²) in [6, 6.07) is 15.0. The van der Waals surface area contributed by atoms with E-state index in [-0.39, 0.29) is 6.03 Å². The van der Waals surface area contributed by atoms with Crippen molar-refractivity contribution in [3.63, 3.8) is 0 Å². The second-order valence-electron chi connectivity index (χ2n) is 8.58. The molecule has 0 radical (unpaired) electrons. The van der Waals surface area contributed by atoms with Gasteiger partial charge in [-0.15, -0.1) is 0 Å². The summed E-state index contributed by atoms with van der Waals surface area (Å²) in [5.41, 5.74) is 2.74. The number of aryl methyl sites for hydroxylation is 1. The number of carboxylic acid groups (broad SMARTS) is 1.